The lowest BCUT2D eigenvalue weighted by Crippen LogP contribution is -2.21. The van der Waals surface area contributed by atoms with E-state index in [0.29, 0.717) is 6.04 Å². The fraction of sp³-hybridized carbons (Fsp3) is 0.625. The molecule has 0 aliphatic rings. The zero-order valence-electron chi connectivity index (χ0n) is 12.0. The van der Waals surface area contributed by atoms with Crippen molar-refractivity contribution in [2.75, 3.05) is 13.2 Å². The molecular formula is C16H27NO. The summed E-state index contributed by atoms with van der Waals surface area (Å²) in [5.41, 5.74) is 1.36. The first-order valence-corrected chi connectivity index (χ1v) is 7.27. The summed E-state index contributed by atoms with van der Waals surface area (Å²) in [5, 5.41) is 3.57. The average molecular weight is 249 g/mol. The molecule has 18 heavy (non-hydrogen) atoms. The van der Waals surface area contributed by atoms with Crippen LogP contribution in [-0.4, -0.2) is 13.2 Å². The summed E-state index contributed by atoms with van der Waals surface area (Å²) in [6.07, 6.45) is 4.60. The summed E-state index contributed by atoms with van der Waals surface area (Å²) in [6.45, 7) is 8.50. The van der Waals surface area contributed by atoms with Crippen molar-refractivity contribution >= 4 is 0 Å². The first-order chi connectivity index (χ1) is 8.81. The Kier molecular flexibility index (Phi) is 7.51. The largest absolute Gasteiger partial charge is 0.494 e. The molecule has 0 spiro atoms. The van der Waals surface area contributed by atoms with Crippen molar-refractivity contribution in [1.29, 1.82) is 0 Å². The minimum Gasteiger partial charge on any atom is -0.494 e. The maximum atomic E-state index is 5.68. The zero-order valence-corrected chi connectivity index (χ0v) is 12.0. The van der Waals surface area contributed by atoms with Crippen LogP contribution in [-0.2, 0) is 0 Å². The van der Waals surface area contributed by atoms with Gasteiger partial charge in [-0.15, -0.1) is 0 Å². The molecule has 0 heterocycles. The van der Waals surface area contributed by atoms with Gasteiger partial charge in [-0.3, -0.25) is 0 Å². The second kappa shape index (κ2) is 8.98. The highest BCUT2D eigenvalue weighted by Crippen LogP contribution is 2.20. The Hall–Kier alpha value is -1.02. The molecule has 0 saturated carbocycles. The van der Waals surface area contributed by atoms with Gasteiger partial charge in [-0.2, -0.15) is 0 Å². The van der Waals surface area contributed by atoms with Gasteiger partial charge in [0.15, 0.2) is 0 Å². The molecule has 0 bridgehead atoms. The number of nitrogens with one attached hydrogen (secondary N) is 1. The smallest absolute Gasteiger partial charge is 0.119 e. The maximum absolute atomic E-state index is 5.68. The molecule has 0 radical (unpaired) electrons. The minimum atomic E-state index is 0.467. The van der Waals surface area contributed by atoms with E-state index in [1.807, 2.05) is 0 Å². The molecule has 0 fully saturated rings. The molecule has 1 aromatic rings. The van der Waals surface area contributed by atoms with Crippen molar-refractivity contribution in [2.45, 2.75) is 52.5 Å². The minimum absolute atomic E-state index is 0.467. The summed E-state index contributed by atoms with van der Waals surface area (Å²) in [5.74, 6) is 0.984. The third-order valence-electron chi connectivity index (χ3n) is 3.10. The third-order valence-corrected chi connectivity index (χ3v) is 3.10. The molecule has 1 rings (SSSR count). The van der Waals surface area contributed by atoms with E-state index >= 15 is 0 Å². The summed E-state index contributed by atoms with van der Waals surface area (Å²) in [4.78, 5) is 0. The monoisotopic (exact) mass is 249 g/mol. The maximum Gasteiger partial charge on any atom is 0.119 e. The van der Waals surface area contributed by atoms with Crippen LogP contribution in [0, 0.1) is 0 Å². The predicted octanol–water partition coefficient (Wildman–Crippen LogP) is 4.32. The van der Waals surface area contributed by atoms with Gasteiger partial charge in [0, 0.05) is 6.04 Å². The van der Waals surface area contributed by atoms with Gasteiger partial charge in [-0.05, 0) is 43.5 Å². The van der Waals surface area contributed by atoms with Crippen molar-refractivity contribution < 1.29 is 4.74 Å². The molecule has 102 valence electrons. The molecule has 1 aromatic carbocycles. The van der Waals surface area contributed by atoms with Crippen LogP contribution in [0.4, 0.5) is 0 Å². The second-order valence-electron chi connectivity index (χ2n) is 4.69. The van der Waals surface area contributed by atoms with Crippen LogP contribution >= 0.6 is 0 Å². The topological polar surface area (TPSA) is 21.3 Å². The van der Waals surface area contributed by atoms with Crippen LogP contribution in [0.3, 0.4) is 0 Å². The number of ether oxygens (including phenoxy) is 1. The second-order valence-corrected chi connectivity index (χ2v) is 4.69. The number of benzene rings is 1. The SMILES string of the molecule is CCCCOc1ccc(C(CC)NCCC)cc1. The number of unbranched alkanes of at least 4 members (excludes halogenated alkanes) is 1. The molecule has 0 aliphatic carbocycles. The van der Waals surface area contributed by atoms with Gasteiger partial charge in [0.2, 0.25) is 0 Å². The van der Waals surface area contributed by atoms with E-state index in [-0.39, 0.29) is 0 Å². The standard InChI is InChI=1S/C16H27NO/c1-4-7-13-18-15-10-8-14(9-11-15)16(6-3)17-12-5-2/h8-11,16-17H,4-7,12-13H2,1-3H3. The number of rotatable bonds is 9. The lowest BCUT2D eigenvalue weighted by molar-refractivity contribution is 0.309. The molecule has 0 aromatic heterocycles. The highest BCUT2D eigenvalue weighted by molar-refractivity contribution is 5.29. The molecule has 2 nitrogen and oxygen atoms in total. The van der Waals surface area contributed by atoms with E-state index in [0.717, 1.165) is 31.7 Å². The van der Waals surface area contributed by atoms with Crippen LogP contribution in [0.15, 0.2) is 24.3 Å². The van der Waals surface area contributed by atoms with E-state index in [9.17, 15) is 0 Å². The Bertz CT molecular complexity index is 307. The van der Waals surface area contributed by atoms with Gasteiger partial charge in [-0.1, -0.05) is 39.3 Å². The molecule has 0 amide bonds. The lowest BCUT2D eigenvalue weighted by Gasteiger charge is -2.17. The van der Waals surface area contributed by atoms with E-state index < -0.39 is 0 Å². The first kappa shape index (κ1) is 15.0. The van der Waals surface area contributed by atoms with Crippen molar-refractivity contribution in [3.8, 4) is 5.75 Å². The number of hydrogen-bond donors (Lipinski definition) is 1. The summed E-state index contributed by atoms with van der Waals surface area (Å²) < 4.78 is 5.68. The van der Waals surface area contributed by atoms with Crippen molar-refractivity contribution in [3.63, 3.8) is 0 Å². The van der Waals surface area contributed by atoms with Crippen molar-refractivity contribution in [2.24, 2.45) is 0 Å². The molecular weight excluding hydrogens is 222 g/mol. The highest BCUT2D eigenvalue weighted by Gasteiger charge is 2.07. The summed E-state index contributed by atoms with van der Waals surface area (Å²) in [7, 11) is 0. The average Bonchev–Trinajstić information content (AvgIpc) is 2.41. The molecule has 0 saturated heterocycles. The third kappa shape index (κ3) is 5.09. The van der Waals surface area contributed by atoms with Gasteiger partial charge in [0.25, 0.3) is 0 Å². The van der Waals surface area contributed by atoms with Crippen LogP contribution in [0.1, 0.15) is 58.1 Å². The lowest BCUT2D eigenvalue weighted by atomic mass is 10.0. The van der Waals surface area contributed by atoms with E-state index in [1.165, 1.54) is 18.4 Å². The molecule has 1 unspecified atom stereocenters. The van der Waals surface area contributed by atoms with Gasteiger partial charge in [0.1, 0.15) is 5.75 Å². The normalized spacial score (nSPS) is 12.4. The van der Waals surface area contributed by atoms with Crippen LogP contribution < -0.4 is 10.1 Å². The fourth-order valence-electron chi connectivity index (χ4n) is 1.95. The Labute approximate surface area is 112 Å². The molecule has 0 aliphatic heterocycles. The van der Waals surface area contributed by atoms with Gasteiger partial charge < -0.3 is 10.1 Å². The molecule has 2 heteroatoms. The van der Waals surface area contributed by atoms with E-state index in [4.69, 9.17) is 4.74 Å². The predicted molar refractivity (Wildman–Crippen MR) is 78.2 cm³/mol. The molecule has 1 atom stereocenters. The van der Waals surface area contributed by atoms with Crippen LogP contribution in [0.2, 0.25) is 0 Å². The van der Waals surface area contributed by atoms with E-state index in [1.54, 1.807) is 0 Å². The highest BCUT2D eigenvalue weighted by atomic mass is 16.5. The fourth-order valence-corrected chi connectivity index (χ4v) is 1.95. The number of hydrogen-bond acceptors (Lipinski definition) is 2. The summed E-state index contributed by atoms with van der Waals surface area (Å²) in [6, 6.07) is 8.99. The van der Waals surface area contributed by atoms with Crippen LogP contribution in [0.5, 0.6) is 5.75 Å². The van der Waals surface area contributed by atoms with Gasteiger partial charge in [0.05, 0.1) is 6.61 Å². The quantitative estimate of drug-likeness (QED) is 0.658. The van der Waals surface area contributed by atoms with Crippen molar-refractivity contribution in [3.05, 3.63) is 29.8 Å². The molecule has 1 N–H and O–H groups in total. The van der Waals surface area contributed by atoms with Gasteiger partial charge in [-0.25, -0.2) is 0 Å². The van der Waals surface area contributed by atoms with Gasteiger partial charge >= 0.3 is 0 Å². The van der Waals surface area contributed by atoms with Crippen LogP contribution in [0.25, 0.3) is 0 Å². The summed E-state index contributed by atoms with van der Waals surface area (Å²) >= 11 is 0. The Morgan fingerprint density at radius 2 is 1.78 bits per heavy atom. The van der Waals surface area contributed by atoms with E-state index in [2.05, 4.69) is 50.4 Å². The Morgan fingerprint density at radius 3 is 2.33 bits per heavy atom. The Morgan fingerprint density at radius 1 is 1.06 bits per heavy atom. The van der Waals surface area contributed by atoms with Crippen molar-refractivity contribution in [1.82, 2.24) is 5.32 Å². The Balaban J connectivity index is 2.51. The first-order valence-electron chi connectivity index (χ1n) is 7.27. The zero-order chi connectivity index (χ0) is 13.2.